The van der Waals surface area contributed by atoms with Crippen molar-refractivity contribution in [3.63, 3.8) is 0 Å². The highest BCUT2D eigenvalue weighted by atomic mass is 19.3. The monoisotopic (exact) mass is 365 g/mol. The molecule has 0 bridgehead atoms. The van der Waals surface area contributed by atoms with Gasteiger partial charge in [-0.15, -0.1) is 0 Å². The zero-order chi connectivity index (χ0) is 19.1. The summed E-state index contributed by atoms with van der Waals surface area (Å²) in [5.41, 5.74) is -0.0906. The van der Waals surface area contributed by atoms with E-state index in [2.05, 4.69) is 14.8 Å². The van der Waals surface area contributed by atoms with Crippen LogP contribution in [0.4, 0.5) is 13.2 Å². The molecule has 26 heavy (non-hydrogen) atoms. The van der Waals surface area contributed by atoms with E-state index in [1.807, 2.05) is 0 Å². The number of methoxy groups -OCH3 is 1. The molecule has 0 saturated heterocycles. The lowest BCUT2D eigenvalue weighted by Gasteiger charge is -2.09. The summed E-state index contributed by atoms with van der Waals surface area (Å²) in [5.74, 6) is -2.50. The van der Waals surface area contributed by atoms with E-state index in [0.717, 1.165) is 13.2 Å². The second-order valence-electron chi connectivity index (χ2n) is 4.93. The van der Waals surface area contributed by atoms with Crippen LogP contribution >= 0.6 is 0 Å². The molecule has 0 spiro atoms. The number of carbonyl (C=O) groups excluding carboxylic acids is 2. The lowest BCUT2D eigenvalue weighted by Crippen LogP contribution is -2.28. The van der Waals surface area contributed by atoms with Crippen molar-refractivity contribution in [1.29, 1.82) is 0 Å². The predicted molar refractivity (Wildman–Crippen MR) is 86.9 cm³/mol. The van der Waals surface area contributed by atoms with E-state index in [4.69, 9.17) is 0 Å². The molecule has 0 aliphatic carbocycles. The molecule has 0 aliphatic heterocycles. The number of nitrogens with one attached hydrogen (secondary N) is 1. The molecule has 1 amide bonds. The van der Waals surface area contributed by atoms with Gasteiger partial charge in [-0.2, -0.15) is 8.78 Å². The van der Waals surface area contributed by atoms with Gasteiger partial charge in [0.1, 0.15) is 17.3 Å². The molecule has 8 heteroatoms. The number of alkyl halides is 2. The summed E-state index contributed by atoms with van der Waals surface area (Å²) in [5, 5.41) is 2.28. The van der Waals surface area contributed by atoms with Gasteiger partial charge in [-0.1, -0.05) is 24.3 Å². The quantitative estimate of drug-likeness (QED) is 0.630. The third kappa shape index (κ3) is 5.10. The average Bonchev–Trinajstić information content (AvgIpc) is 2.62. The van der Waals surface area contributed by atoms with Gasteiger partial charge in [0.05, 0.1) is 12.7 Å². The molecule has 0 aromatic heterocycles. The zero-order valence-electron chi connectivity index (χ0n) is 13.5. The Morgan fingerprint density at radius 2 is 1.73 bits per heavy atom. The van der Waals surface area contributed by atoms with E-state index in [1.165, 1.54) is 48.5 Å². The second-order valence-corrected chi connectivity index (χ2v) is 4.93. The molecule has 2 rings (SSSR count). The molecule has 0 aliphatic rings. The Morgan fingerprint density at radius 3 is 2.31 bits per heavy atom. The van der Waals surface area contributed by atoms with Crippen molar-refractivity contribution < 1.29 is 32.2 Å². The number of rotatable bonds is 6. The van der Waals surface area contributed by atoms with Crippen molar-refractivity contribution in [2.24, 2.45) is 0 Å². The number of halogens is 3. The first-order valence-electron chi connectivity index (χ1n) is 7.31. The Labute approximate surface area is 147 Å². The van der Waals surface area contributed by atoms with Gasteiger partial charge >= 0.3 is 12.6 Å². The van der Waals surface area contributed by atoms with Gasteiger partial charge in [0.2, 0.25) is 0 Å². The minimum Gasteiger partial charge on any atom is -0.464 e. The molecular formula is C18H14F3NO4. The smallest absolute Gasteiger partial charge is 0.387 e. The molecule has 0 fully saturated rings. The fraction of sp³-hybridized carbons (Fsp3) is 0.111. The van der Waals surface area contributed by atoms with Gasteiger partial charge in [0.15, 0.2) is 0 Å². The molecule has 0 unspecified atom stereocenters. The molecule has 0 radical (unpaired) electrons. The van der Waals surface area contributed by atoms with E-state index < -0.39 is 24.3 Å². The highest BCUT2D eigenvalue weighted by molar-refractivity contribution is 6.03. The molecule has 0 saturated carbocycles. The Bertz CT molecular complexity index is 819. The first-order chi connectivity index (χ1) is 12.4. The minimum atomic E-state index is -2.96. The molecule has 2 aromatic carbocycles. The van der Waals surface area contributed by atoms with Crippen LogP contribution in [0, 0.1) is 5.82 Å². The highest BCUT2D eigenvalue weighted by Gasteiger charge is 2.17. The zero-order valence-corrected chi connectivity index (χ0v) is 13.5. The summed E-state index contributed by atoms with van der Waals surface area (Å²) in [6, 6.07) is 10.6. The van der Waals surface area contributed by atoms with Crippen molar-refractivity contribution >= 4 is 18.0 Å². The van der Waals surface area contributed by atoms with Crippen LogP contribution in [0.2, 0.25) is 0 Å². The predicted octanol–water partition coefficient (Wildman–Crippen LogP) is 3.37. The van der Waals surface area contributed by atoms with Gasteiger partial charge in [-0.3, -0.25) is 4.79 Å². The first kappa shape index (κ1) is 19.0. The summed E-state index contributed by atoms with van der Waals surface area (Å²) in [7, 11) is 1.12. The summed E-state index contributed by atoms with van der Waals surface area (Å²) < 4.78 is 46.8. The van der Waals surface area contributed by atoms with E-state index in [9.17, 15) is 22.8 Å². The fourth-order valence-corrected chi connectivity index (χ4v) is 2.00. The summed E-state index contributed by atoms with van der Waals surface area (Å²) in [4.78, 5) is 24.0. The van der Waals surface area contributed by atoms with Gasteiger partial charge in [-0.05, 0) is 35.9 Å². The third-order valence-corrected chi connectivity index (χ3v) is 3.19. The van der Waals surface area contributed by atoms with Gasteiger partial charge in [0.25, 0.3) is 5.91 Å². The van der Waals surface area contributed by atoms with E-state index in [0.29, 0.717) is 5.56 Å². The van der Waals surface area contributed by atoms with Crippen molar-refractivity contribution in [2.75, 3.05) is 7.11 Å². The topological polar surface area (TPSA) is 64.6 Å². The van der Waals surface area contributed by atoms with Crippen molar-refractivity contribution in [2.45, 2.75) is 6.61 Å². The number of amides is 1. The Morgan fingerprint density at radius 1 is 1.08 bits per heavy atom. The van der Waals surface area contributed by atoms with Gasteiger partial charge < -0.3 is 14.8 Å². The van der Waals surface area contributed by atoms with Crippen molar-refractivity contribution in [3.8, 4) is 5.75 Å². The molecule has 136 valence electrons. The number of carbonyl (C=O) groups is 2. The van der Waals surface area contributed by atoms with Crippen LogP contribution in [0.15, 0.2) is 54.2 Å². The SMILES string of the molecule is COC(=O)/C(=C/c1ccc(OC(F)F)cc1)NC(=O)c1ccccc1F. The molecule has 1 N–H and O–H groups in total. The van der Waals surface area contributed by atoms with E-state index in [-0.39, 0.29) is 17.0 Å². The molecule has 5 nitrogen and oxygen atoms in total. The van der Waals surface area contributed by atoms with E-state index >= 15 is 0 Å². The number of ether oxygens (including phenoxy) is 2. The van der Waals surface area contributed by atoms with Gasteiger partial charge in [-0.25, -0.2) is 9.18 Å². The number of hydrogen-bond donors (Lipinski definition) is 1. The van der Waals surface area contributed by atoms with Crippen LogP contribution in [0.3, 0.4) is 0 Å². The Kier molecular flexibility index (Phi) is 6.37. The minimum absolute atomic E-state index is 0.0628. The van der Waals surface area contributed by atoms with Crippen LogP contribution in [0.25, 0.3) is 6.08 Å². The first-order valence-corrected chi connectivity index (χ1v) is 7.31. The molecule has 0 atom stereocenters. The van der Waals surface area contributed by atoms with Gasteiger partial charge in [0, 0.05) is 0 Å². The van der Waals surface area contributed by atoms with Crippen LogP contribution in [-0.2, 0) is 9.53 Å². The third-order valence-electron chi connectivity index (χ3n) is 3.19. The standard InChI is InChI=1S/C18H14F3NO4/c1-25-17(24)15(22-16(23)13-4-2-3-5-14(13)19)10-11-6-8-12(9-7-11)26-18(20)21/h2-10,18H,1H3,(H,22,23)/b15-10-. The average molecular weight is 365 g/mol. The number of benzene rings is 2. The lowest BCUT2D eigenvalue weighted by molar-refractivity contribution is -0.136. The maximum atomic E-state index is 13.7. The van der Waals surface area contributed by atoms with Crippen molar-refractivity contribution in [3.05, 3.63) is 71.2 Å². The number of esters is 1. The molecule has 0 heterocycles. The maximum absolute atomic E-state index is 13.7. The number of hydrogen-bond acceptors (Lipinski definition) is 4. The van der Waals surface area contributed by atoms with E-state index in [1.54, 1.807) is 0 Å². The summed E-state index contributed by atoms with van der Waals surface area (Å²) in [6.07, 6.45) is 1.26. The highest BCUT2D eigenvalue weighted by Crippen LogP contribution is 2.17. The normalized spacial score (nSPS) is 11.2. The molecule has 2 aromatic rings. The van der Waals surface area contributed by atoms with Crippen LogP contribution < -0.4 is 10.1 Å². The summed E-state index contributed by atoms with van der Waals surface area (Å²) in [6.45, 7) is -2.96. The van der Waals surface area contributed by atoms with Crippen molar-refractivity contribution in [1.82, 2.24) is 5.32 Å². The molecular weight excluding hydrogens is 351 g/mol. The Hall–Kier alpha value is -3.29. The Balaban J connectivity index is 2.24. The maximum Gasteiger partial charge on any atom is 0.387 e. The van der Waals surface area contributed by atoms with Crippen LogP contribution in [-0.4, -0.2) is 25.6 Å². The fourth-order valence-electron chi connectivity index (χ4n) is 2.00. The van der Waals surface area contributed by atoms with Crippen LogP contribution in [0.1, 0.15) is 15.9 Å². The lowest BCUT2D eigenvalue weighted by atomic mass is 10.1. The summed E-state index contributed by atoms with van der Waals surface area (Å²) >= 11 is 0. The second kappa shape index (κ2) is 8.70. The largest absolute Gasteiger partial charge is 0.464 e. The van der Waals surface area contributed by atoms with Crippen LogP contribution in [0.5, 0.6) is 5.75 Å².